The summed E-state index contributed by atoms with van der Waals surface area (Å²) in [4.78, 5) is 23.3. The lowest BCUT2D eigenvalue weighted by molar-refractivity contribution is -0.275. The molecule has 0 fully saturated rings. The number of carbonyl (C=O) groups excluding carboxylic acids is 2. The average molecular weight is 487 g/mol. The number of sulfonamides is 1. The molecule has 1 aromatic carbocycles. The quantitative estimate of drug-likeness (QED) is 0.646. The predicted octanol–water partition coefficient (Wildman–Crippen LogP) is 2.89. The molecule has 0 aliphatic rings. The standard InChI is InChI=1S/C16H14ClF3N2O6S2/c1-15(2,25)14(24)22(13-9(12(21)23)5-6-29-13)30(26,27)11-7-8(17)3-4-10(11)28-16(18,19)20/h3-7,25H,1-2H3,(H2,21,23). The summed E-state index contributed by atoms with van der Waals surface area (Å²) in [5.41, 5.74) is 2.51. The van der Waals surface area contributed by atoms with Crippen molar-refractivity contribution in [3.8, 4) is 5.75 Å². The van der Waals surface area contributed by atoms with E-state index < -0.39 is 55.0 Å². The van der Waals surface area contributed by atoms with Crippen molar-refractivity contribution in [1.29, 1.82) is 0 Å². The van der Waals surface area contributed by atoms with Crippen LogP contribution in [0.2, 0.25) is 5.02 Å². The first kappa shape index (κ1) is 23.9. The number of anilines is 1. The SMILES string of the molecule is CC(C)(O)C(=O)N(c1sccc1C(N)=O)S(=O)(=O)c1cc(Cl)ccc1OC(F)(F)F. The van der Waals surface area contributed by atoms with Crippen molar-refractivity contribution in [3.05, 3.63) is 40.2 Å². The lowest BCUT2D eigenvalue weighted by Crippen LogP contribution is -2.48. The highest BCUT2D eigenvalue weighted by Gasteiger charge is 2.43. The first-order chi connectivity index (χ1) is 13.6. The summed E-state index contributed by atoms with van der Waals surface area (Å²) < 4.78 is 68.7. The van der Waals surface area contributed by atoms with Crippen molar-refractivity contribution in [2.24, 2.45) is 5.73 Å². The third-order valence-electron chi connectivity index (χ3n) is 3.45. The molecule has 0 radical (unpaired) electrons. The molecule has 0 unspecified atom stereocenters. The van der Waals surface area contributed by atoms with Crippen LogP contribution in [-0.4, -0.2) is 37.3 Å². The Morgan fingerprint density at radius 1 is 1.23 bits per heavy atom. The Bertz CT molecular complexity index is 1090. The van der Waals surface area contributed by atoms with E-state index in [1.807, 2.05) is 0 Å². The Balaban J connectivity index is 2.82. The number of alkyl halides is 3. The van der Waals surface area contributed by atoms with Crippen LogP contribution >= 0.6 is 22.9 Å². The number of aliphatic hydroxyl groups is 1. The summed E-state index contributed by atoms with van der Waals surface area (Å²) in [6.45, 7) is 1.92. The smallest absolute Gasteiger partial charge is 0.404 e. The fourth-order valence-electron chi connectivity index (χ4n) is 2.20. The van der Waals surface area contributed by atoms with E-state index in [9.17, 15) is 36.3 Å². The Kier molecular flexibility index (Phi) is 6.43. The van der Waals surface area contributed by atoms with E-state index in [4.69, 9.17) is 17.3 Å². The Morgan fingerprint density at radius 3 is 2.33 bits per heavy atom. The minimum absolute atomic E-state index is 0.00660. The summed E-state index contributed by atoms with van der Waals surface area (Å²) in [5.74, 6) is -3.73. The van der Waals surface area contributed by atoms with Gasteiger partial charge in [-0.1, -0.05) is 11.6 Å². The number of nitrogens with two attached hydrogens (primary N) is 1. The molecule has 0 bridgehead atoms. The van der Waals surface area contributed by atoms with Crippen LogP contribution in [0.25, 0.3) is 0 Å². The molecular formula is C16H14ClF3N2O6S2. The molecule has 0 saturated heterocycles. The summed E-state index contributed by atoms with van der Waals surface area (Å²) in [6.07, 6.45) is -5.26. The first-order valence-corrected chi connectivity index (χ1v) is 10.5. The maximum Gasteiger partial charge on any atom is 0.573 e. The fourth-order valence-corrected chi connectivity index (χ4v) is 5.26. The van der Waals surface area contributed by atoms with Crippen molar-refractivity contribution < 1.29 is 41.0 Å². The highest BCUT2D eigenvalue weighted by atomic mass is 35.5. The number of ether oxygens (including phenoxy) is 1. The number of halogens is 4. The highest BCUT2D eigenvalue weighted by molar-refractivity contribution is 7.94. The van der Waals surface area contributed by atoms with Crippen LogP contribution in [0, 0.1) is 0 Å². The Morgan fingerprint density at radius 2 is 1.83 bits per heavy atom. The molecular weight excluding hydrogens is 473 g/mol. The fraction of sp³-hybridized carbons (Fsp3) is 0.250. The van der Waals surface area contributed by atoms with Crippen LogP contribution in [0.4, 0.5) is 18.2 Å². The molecule has 30 heavy (non-hydrogen) atoms. The molecule has 0 aliphatic carbocycles. The molecule has 1 heterocycles. The monoisotopic (exact) mass is 486 g/mol. The second kappa shape index (κ2) is 8.06. The minimum atomic E-state index is -5.26. The minimum Gasteiger partial charge on any atom is -0.404 e. The van der Waals surface area contributed by atoms with Gasteiger partial charge in [-0.2, -0.15) is 4.31 Å². The summed E-state index contributed by atoms with van der Waals surface area (Å²) >= 11 is 6.34. The molecule has 14 heteroatoms. The molecule has 0 atom stereocenters. The molecule has 0 saturated carbocycles. The average Bonchev–Trinajstić information content (AvgIpc) is 3.03. The molecule has 164 valence electrons. The van der Waals surface area contributed by atoms with Gasteiger partial charge >= 0.3 is 6.36 Å². The van der Waals surface area contributed by atoms with Gasteiger partial charge in [-0.05, 0) is 43.5 Å². The third kappa shape index (κ3) is 5.03. The third-order valence-corrected chi connectivity index (χ3v) is 6.40. The number of rotatable bonds is 6. The Hall–Kier alpha value is -2.35. The second-order valence-electron chi connectivity index (χ2n) is 6.28. The van der Waals surface area contributed by atoms with Gasteiger partial charge in [-0.15, -0.1) is 24.5 Å². The van der Waals surface area contributed by atoms with Crippen LogP contribution in [0.1, 0.15) is 24.2 Å². The molecule has 3 N–H and O–H groups in total. The number of amides is 2. The topological polar surface area (TPSA) is 127 Å². The molecule has 2 aromatic rings. The molecule has 2 amide bonds. The second-order valence-corrected chi connectivity index (χ2v) is 9.36. The van der Waals surface area contributed by atoms with Crippen LogP contribution < -0.4 is 14.8 Å². The van der Waals surface area contributed by atoms with E-state index in [0.717, 1.165) is 26.0 Å². The van der Waals surface area contributed by atoms with Crippen LogP contribution in [0.15, 0.2) is 34.5 Å². The van der Waals surface area contributed by atoms with Gasteiger partial charge in [-0.25, -0.2) is 8.42 Å². The zero-order valence-corrected chi connectivity index (χ0v) is 17.6. The van der Waals surface area contributed by atoms with Gasteiger partial charge in [0.2, 0.25) is 0 Å². The van der Waals surface area contributed by atoms with E-state index in [2.05, 4.69) is 4.74 Å². The number of hydrogen-bond donors (Lipinski definition) is 2. The normalized spacial score (nSPS) is 12.5. The lowest BCUT2D eigenvalue weighted by atomic mass is 10.1. The highest BCUT2D eigenvalue weighted by Crippen LogP contribution is 2.39. The van der Waals surface area contributed by atoms with Crippen molar-refractivity contribution in [2.45, 2.75) is 30.7 Å². The molecule has 2 rings (SSSR count). The summed E-state index contributed by atoms with van der Waals surface area (Å²) in [5, 5.41) is 10.5. The number of carbonyl (C=O) groups is 2. The van der Waals surface area contributed by atoms with Crippen LogP contribution in [0.3, 0.4) is 0 Å². The van der Waals surface area contributed by atoms with E-state index >= 15 is 0 Å². The summed E-state index contributed by atoms with van der Waals surface area (Å²) in [6, 6.07) is 3.36. The molecule has 8 nitrogen and oxygen atoms in total. The van der Waals surface area contributed by atoms with E-state index in [1.165, 1.54) is 5.38 Å². The van der Waals surface area contributed by atoms with E-state index in [-0.39, 0.29) is 9.33 Å². The maximum atomic E-state index is 13.3. The number of benzene rings is 1. The number of primary amides is 1. The number of nitrogens with zero attached hydrogens (tertiary/aromatic N) is 1. The lowest BCUT2D eigenvalue weighted by Gasteiger charge is -2.28. The van der Waals surface area contributed by atoms with Crippen molar-refractivity contribution in [1.82, 2.24) is 0 Å². The maximum absolute atomic E-state index is 13.3. The van der Waals surface area contributed by atoms with Crippen molar-refractivity contribution in [2.75, 3.05) is 4.31 Å². The van der Waals surface area contributed by atoms with Crippen molar-refractivity contribution >= 4 is 49.8 Å². The molecule has 1 aromatic heterocycles. The van der Waals surface area contributed by atoms with Gasteiger partial charge in [0, 0.05) is 5.02 Å². The summed E-state index contributed by atoms with van der Waals surface area (Å²) in [7, 11) is -5.17. The van der Waals surface area contributed by atoms with Gasteiger partial charge in [0.15, 0.2) is 0 Å². The zero-order valence-electron chi connectivity index (χ0n) is 15.2. The van der Waals surface area contributed by atoms with Crippen LogP contribution in [0.5, 0.6) is 5.75 Å². The van der Waals surface area contributed by atoms with Gasteiger partial charge < -0.3 is 15.6 Å². The van der Waals surface area contributed by atoms with Gasteiger partial charge in [0.25, 0.3) is 21.8 Å². The molecule has 0 aliphatic heterocycles. The molecule has 0 spiro atoms. The van der Waals surface area contributed by atoms with E-state index in [1.54, 1.807) is 0 Å². The number of hydrogen-bond acceptors (Lipinski definition) is 7. The largest absolute Gasteiger partial charge is 0.573 e. The zero-order chi connectivity index (χ0) is 23.1. The Labute approximate surface area is 177 Å². The predicted molar refractivity (Wildman–Crippen MR) is 102 cm³/mol. The van der Waals surface area contributed by atoms with E-state index in [0.29, 0.717) is 23.5 Å². The van der Waals surface area contributed by atoms with Crippen LogP contribution in [-0.2, 0) is 14.8 Å². The van der Waals surface area contributed by atoms with Crippen molar-refractivity contribution in [3.63, 3.8) is 0 Å². The van der Waals surface area contributed by atoms with Gasteiger partial charge in [-0.3, -0.25) is 9.59 Å². The van der Waals surface area contributed by atoms with Gasteiger partial charge in [0.1, 0.15) is 21.2 Å². The number of thiophene rings is 1. The van der Waals surface area contributed by atoms with Gasteiger partial charge in [0.05, 0.1) is 5.56 Å². The first-order valence-electron chi connectivity index (χ1n) is 7.80.